The molecule has 110 valence electrons. The monoisotopic (exact) mass is 288 g/mol. The van der Waals surface area contributed by atoms with Gasteiger partial charge in [-0.1, -0.05) is 19.3 Å². The summed E-state index contributed by atoms with van der Waals surface area (Å²) < 4.78 is 22.7. The Labute approximate surface area is 115 Å². The summed E-state index contributed by atoms with van der Waals surface area (Å²) in [5.41, 5.74) is -0.0835. The average Bonchev–Trinajstić information content (AvgIpc) is 2.69. The molecule has 5 nitrogen and oxygen atoms in total. The second-order valence-corrected chi connectivity index (χ2v) is 8.16. The van der Waals surface area contributed by atoms with Crippen molar-refractivity contribution in [3.05, 3.63) is 0 Å². The highest BCUT2D eigenvalue weighted by molar-refractivity contribution is 7.91. The fraction of sp³-hybridized carbons (Fsp3) is 0.923. The molecule has 1 unspecified atom stereocenters. The first-order chi connectivity index (χ1) is 8.95. The van der Waals surface area contributed by atoms with Crippen LogP contribution in [0.1, 0.15) is 44.9 Å². The number of carbonyl (C=O) groups is 1. The van der Waals surface area contributed by atoms with E-state index >= 15 is 0 Å². The van der Waals surface area contributed by atoms with Crippen molar-refractivity contribution in [2.24, 2.45) is 0 Å². The van der Waals surface area contributed by atoms with Crippen LogP contribution in [-0.2, 0) is 14.6 Å². The summed E-state index contributed by atoms with van der Waals surface area (Å²) in [6, 6.07) is -0.185. The Morgan fingerprint density at radius 1 is 1.26 bits per heavy atom. The van der Waals surface area contributed by atoms with Gasteiger partial charge in [0.05, 0.1) is 11.5 Å². The zero-order valence-electron chi connectivity index (χ0n) is 11.6. The third kappa shape index (κ3) is 3.92. The third-order valence-corrected chi connectivity index (χ3v) is 6.21. The van der Waals surface area contributed by atoms with Crippen molar-refractivity contribution >= 4 is 15.7 Å². The van der Waals surface area contributed by atoms with E-state index in [0.717, 1.165) is 25.7 Å². The van der Waals surface area contributed by atoms with E-state index in [1.807, 2.05) is 7.05 Å². The van der Waals surface area contributed by atoms with Crippen LogP contribution in [0, 0.1) is 0 Å². The molecule has 1 heterocycles. The second-order valence-electron chi connectivity index (χ2n) is 5.94. The standard InChI is InChI=1S/C13H24N2O3S/c1-14-13(6-3-2-4-7-13)9-12(16)15-11-5-8-19(17,18)10-11/h11,14H,2-10H2,1H3,(H,15,16). The molecule has 0 aromatic carbocycles. The summed E-state index contributed by atoms with van der Waals surface area (Å²) in [5.74, 6) is 0.291. The van der Waals surface area contributed by atoms with Crippen LogP contribution < -0.4 is 10.6 Å². The highest BCUT2D eigenvalue weighted by Crippen LogP contribution is 2.30. The minimum Gasteiger partial charge on any atom is -0.352 e. The Bertz CT molecular complexity index is 427. The van der Waals surface area contributed by atoms with Crippen LogP contribution in [0.3, 0.4) is 0 Å². The molecule has 1 atom stereocenters. The summed E-state index contributed by atoms with van der Waals surface area (Å²) in [4.78, 5) is 12.1. The molecule has 0 aromatic rings. The van der Waals surface area contributed by atoms with Crippen LogP contribution in [0.2, 0.25) is 0 Å². The van der Waals surface area contributed by atoms with Gasteiger partial charge in [-0.25, -0.2) is 8.42 Å². The quantitative estimate of drug-likeness (QED) is 0.794. The molecule has 1 aliphatic heterocycles. The van der Waals surface area contributed by atoms with Crippen LogP contribution >= 0.6 is 0 Å². The largest absolute Gasteiger partial charge is 0.352 e. The van der Waals surface area contributed by atoms with E-state index in [0.29, 0.717) is 12.8 Å². The molecular weight excluding hydrogens is 264 g/mol. The number of rotatable bonds is 4. The molecule has 6 heteroatoms. The van der Waals surface area contributed by atoms with E-state index in [2.05, 4.69) is 10.6 Å². The maximum absolute atomic E-state index is 12.1. The summed E-state index contributed by atoms with van der Waals surface area (Å²) in [7, 11) is -1.01. The van der Waals surface area contributed by atoms with Crippen molar-refractivity contribution in [3.63, 3.8) is 0 Å². The van der Waals surface area contributed by atoms with E-state index in [4.69, 9.17) is 0 Å². The van der Waals surface area contributed by atoms with Gasteiger partial charge in [-0.3, -0.25) is 4.79 Å². The Kier molecular flexibility index (Phi) is 4.50. The van der Waals surface area contributed by atoms with E-state index in [1.54, 1.807) is 0 Å². The second kappa shape index (κ2) is 5.79. The molecule has 2 aliphatic rings. The van der Waals surface area contributed by atoms with E-state index < -0.39 is 9.84 Å². The van der Waals surface area contributed by atoms with Gasteiger partial charge >= 0.3 is 0 Å². The number of hydrogen-bond donors (Lipinski definition) is 2. The van der Waals surface area contributed by atoms with Gasteiger partial charge in [0.1, 0.15) is 0 Å². The van der Waals surface area contributed by atoms with Crippen molar-refractivity contribution in [3.8, 4) is 0 Å². The fourth-order valence-electron chi connectivity index (χ4n) is 3.24. The van der Waals surface area contributed by atoms with Gasteiger partial charge < -0.3 is 10.6 Å². The Morgan fingerprint density at radius 2 is 1.95 bits per heavy atom. The van der Waals surface area contributed by atoms with E-state index in [-0.39, 0.29) is 29.0 Å². The minimum absolute atomic E-state index is 0.0154. The number of hydrogen-bond acceptors (Lipinski definition) is 4. The predicted molar refractivity (Wildman–Crippen MR) is 74.7 cm³/mol. The molecule has 1 saturated carbocycles. The van der Waals surface area contributed by atoms with Gasteiger partial charge in [0.2, 0.25) is 5.91 Å². The van der Waals surface area contributed by atoms with Gasteiger partial charge in [0, 0.05) is 18.0 Å². The predicted octanol–water partition coefficient (Wildman–Crippen LogP) is 0.602. The molecule has 0 bridgehead atoms. The molecule has 0 radical (unpaired) electrons. The summed E-state index contributed by atoms with van der Waals surface area (Å²) in [5, 5.41) is 6.19. The lowest BCUT2D eigenvalue weighted by molar-refractivity contribution is -0.123. The molecule has 19 heavy (non-hydrogen) atoms. The van der Waals surface area contributed by atoms with Crippen molar-refractivity contribution in [1.29, 1.82) is 0 Å². The maximum Gasteiger partial charge on any atom is 0.222 e. The number of carbonyl (C=O) groups excluding carboxylic acids is 1. The van der Waals surface area contributed by atoms with Gasteiger partial charge in [-0.05, 0) is 26.3 Å². The molecule has 0 spiro atoms. The Hall–Kier alpha value is -0.620. The van der Waals surface area contributed by atoms with Crippen LogP contribution in [0.15, 0.2) is 0 Å². The van der Waals surface area contributed by atoms with Gasteiger partial charge in [-0.2, -0.15) is 0 Å². The van der Waals surface area contributed by atoms with Crippen LogP contribution in [0.25, 0.3) is 0 Å². The molecule has 2 N–H and O–H groups in total. The van der Waals surface area contributed by atoms with Gasteiger partial charge in [0.15, 0.2) is 9.84 Å². The molecule has 1 amide bonds. The maximum atomic E-state index is 12.1. The van der Waals surface area contributed by atoms with Gasteiger partial charge in [-0.15, -0.1) is 0 Å². The SMILES string of the molecule is CNC1(CC(=O)NC2CCS(=O)(=O)C2)CCCCC1. The van der Waals surface area contributed by atoms with Crippen molar-refractivity contribution < 1.29 is 13.2 Å². The molecule has 1 saturated heterocycles. The van der Waals surface area contributed by atoms with Crippen molar-refractivity contribution in [2.75, 3.05) is 18.6 Å². The van der Waals surface area contributed by atoms with Crippen molar-refractivity contribution in [1.82, 2.24) is 10.6 Å². The molecule has 2 rings (SSSR count). The zero-order valence-corrected chi connectivity index (χ0v) is 12.4. The zero-order chi connectivity index (χ0) is 13.9. The van der Waals surface area contributed by atoms with E-state index in [9.17, 15) is 13.2 Å². The number of nitrogens with one attached hydrogen (secondary N) is 2. The highest BCUT2D eigenvalue weighted by Gasteiger charge is 2.34. The molecule has 2 fully saturated rings. The Balaban J connectivity index is 1.86. The summed E-state index contributed by atoms with van der Waals surface area (Å²) in [6.45, 7) is 0. The smallest absolute Gasteiger partial charge is 0.222 e. The molecule has 1 aliphatic carbocycles. The van der Waals surface area contributed by atoms with E-state index in [1.165, 1.54) is 6.42 Å². The third-order valence-electron chi connectivity index (χ3n) is 4.44. The highest BCUT2D eigenvalue weighted by atomic mass is 32.2. The topological polar surface area (TPSA) is 75.3 Å². The van der Waals surface area contributed by atoms with Crippen LogP contribution in [-0.4, -0.2) is 44.5 Å². The van der Waals surface area contributed by atoms with Gasteiger partial charge in [0.25, 0.3) is 0 Å². The Morgan fingerprint density at radius 3 is 2.47 bits per heavy atom. The minimum atomic E-state index is -2.93. The van der Waals surface area contributed by atoms with Crippen LogP contribution in [0.5, 0.6) is 0 Å². The normalized spacial score (nSPS) is 29.0. The number of amides is 1. The molecular formula is C13H24N2O3S. The lowest BCUT2D eigenvalue weighted by Crippen LogP contribution is -2.49. The average molecular weight is 288 g/mol. The summed E-state index contributed by atoms with van der Waals surface area (Å²) >= 11 is 0. The number of sulfone groups is 1. The first-order valence-corrected chi connectivity index (χ1v) is 8.96. The lowest BCUT2D eigenvalue weighted by atomic mass is 9.79. The first kappa shape index (κ1) is 14.8. The fourth-order valence-corrected chi connectivity index (χ4v) is 4.91. The summed E-state index contributed by atoms with van der Waals surface area (Å²) in [6.07, 6.45) is 6.63. The first-order valence-electron chi connectivity index (χ1n) is 7.13. The molecule has 0 aromatic heterocycles. The van der Waals surface area contributed by atoms with Crippen LogP contribution in [0.4, 0.5) is 0 Å². The van der Waals surface area contributed by atoms with Crippen molar-refractivity contribution in [2.45, 2.75) is 56.5 Å². The lowest BCUT2D eigenvalue weighted by Gasteiger charge is -2.36.